The number of hydrogen-bond acceptors (Lipinski definition) is 7. The molecule has 3 aliphatic heterocycles. The highest BCUT2D eigenvalue weighted by Crippen LogP contribution is 2.58. The van der Waals surface area contributed by atoms with Gasteiger partial charge in [-0.3, -0.25) is 14.4 Å². The summed E-state index contributed by atoms with van der Waals surface area (Å²) in [7, 11) is 0. The zero-order valence-corrected chi connectivity index (χ0v) is 13.9. The number of hydrogen-bond donors (Lipinski definition) is 0. The van der Waals surface area contributed by atoms with Gasteiger partial charge in [-0.15, -0.1) is 0 Å². The molecule has 3 rings (SSSR count). The van der Waals surface area contributed by atoms with Crippen LogP contribution < -0.4 is 0 Å². The molecule has 2 saturated heterocycles. The van der Waals surface area contributed by atoms with Gasteiger partial charge in [0.25, 0.3) is 0 Å². The Kier molecular flexibility index (Phi) is 4.38. The van der Waals surface area contributed by atoms with E-state index in [0.717, 1.165) is 0 Å². The minimum atomic E-state index is -0.989. The fraction of sp³-hybridized carbons (Fsp3) is 0.706. The summed E-state index contributed by atoms with van der Waals surface area (Å²) in [5.74, 6) is -1.41. The molecule has 3 heterocycles. The molecule has 4 unspecified atom stereocenters. The second-order valence-electron chi connectivity index (χ2n) is 6.64. The van der Waals surface area contributed by atoms with Crippen molar-refractivity contribution >= 4 is 17.9 Å². The molecule has 7 heteroatoms. The molecule has 0 aliphatic carbocycles. The van der Waals surface area contributed by atoms with Crippen LogP contribution in [-0.4, -0.2) is 49.4 Å². The van der Waals surface area contributed by atoms with Crippen molar-refractivity contribution in [3.8, 4) is 0 Å². The smallest absolute Gasteiger partial charge is 0.316 e. The predicted octanol–water partition coefficient (Wildman–Crippen LogP) is 1.15. The van der Waals surface area contributed by atoms with Crippen LogP contribution in [-0.2, 0) is 33.3 Å². The van der Waals surface area contributed by atoms with Gasteiger partial charge in [-0.25, -0.2) is 0 Å². The summed E-state index contributed by atoms with van der Waals surface area (Å²) in [5.41, 5.74) is -1.83. The van der Waals surface area contributed by atoms with Crippen LogP contribution in [0.2, 0.25) is 0 Å². The molecule has 4 atom stereocenters. The second kappa shape index (κ2) is 6.20. The minimum Gasteiger partial charge on any atom is -0.462 e. The van der Waals surface area contributed by atoms with E-state index in [-0.39, 0.29) is 44.2 Å². The van der Waals surface area contributed by atoms with Crippen molar-refractivity contribution in [2.45, 2.75) is 44.8 Å². The van der Waals surface area contributed by atoms with Gasteiger partial charge in [0.05, 0.1) is 18.4 Å². The molecular formula is C17H22O7. The third-order valence-electron chi connectivity index (χ3n) is 5.16. The number of ether oxygens (including phenoxy) is 4. The van der Waals surface area contributed by atoms with Gasteiger partial charge in [0.1, 0.15) is 30.8 Å². The summed E-state index contributed by atoms with van der Waals surface area (Å²) in [6.45, 7) is 3.79. The number of esters is 3. The lowest BCUT2D eigenvalue weighted by atomic mass is 9.68. The van der Waals surface area contributed by atoms with Crippen LogP contribution >= 0.6 is 0 Å². The summed E-state index contributed by atoms with van der Waals surface area (Å²) in [4.78, 5) is 35.9. The molecule has 2 fully saturated rings. The molecular weight excluding hydrogens is 316 g/mol. The van der Waals surface area contributed by atoms with Gasteiger partial charge in [-0.05, 0) is 18.9 Å². The van der Waals surface area contributed by atoms with E-state index in [0.29, 0.717) is 12.8 Å². The number of cyclic esters (lactones) is 1. The van der Waals surface area contributed by atoms with Crippen molar-refractivity contribution in [1.82, 2.24) is 0 Å². The molecule has 0 N–H and O–H groups in total. The van der Waals surface area contributed by atoms with Gasteiger partial charge in [0.2, 0.25) is 0 Å². The monoisotopic (exact) mass is 338 g/mol. The average Bonchev–Trinajstić information content (AvgIpc) is 3.19. The minimum absolute atomic E-state index is 0.0104. The van der Waals surface area contributed by atoms with Crippen LogP contribution in [0.3, 0.4) is 0 Å². The fourth-order valence-corrected chi connectivity index (χ4v) is 3.50. The van der Waals surface area contributed by atoms with Gasteiger partial charge < -0.3 is 18.9 Å². The van der Waals surface area contributed by atoms with Gasteiger partial charge in [-0.1, -0.05) is 19.9 Å². The van der Waals surface area contributed by atoms with Gasteiger partial charge >= 0.3 is 17.9 Å². The maximum absolute atomic E-state index is 12.2. The first-order chi connectivity index (χ1) is 11.4. The summed E-state index contributed by atoms with van der Waals surface area (Å²) in [5, 5.41) is 0. The van der Waals surface area contributed by atoms with E-state index in [4.69, 9.17) is 18.9 Å². The van der Waals surface area contributed by atoms with Crippen LogP contribution in [0.25, 0.3) is 0 Å². The molecule has 24 heavy (non-hydrogen) atoms. The maximum atomic E-state index is 12.2. The molecule has 0 aromatic rings. The standard InChI is InChI=1S/C17H22O7/c1-3-11(2)14(19)22-7-6-21-13(18)9-16-8-12-4-5-17(16,24-12)10-23-15(16)20/h4-5,11-12H,3,6-10H2,1-2H3. The van der Waals surface area contributed by atoms with Crippen molar-refractivity contribution in [1.29, 1.82) is 0 Å². The van der Waals surface area contributed by atoms with Crippen molar-refractivity contribution in [3.63, 3.8) is 0 Å². The van der Waals surface area contributed by atoms with E-state index >= 15 is 0 Å². The molecule has 3 aliphatic rings. The van der Waals surface area contributed by atoms with Gasteiger partial charge in [0.15, 0.2) is 0 Å². The summed E-state index contributed by atoms with van der Waals surface area (Å²) >= 11 is 0. The Morgan fingerprint density at radius 3 is 2.83 bits per heavy atom. The topological polar surface area (TPSA) is 88.1 Å². The van der Waals surface area contributed by atoms with E-state index in [1.54, 1.807) is 6.92 Å². The number of carbonyl (C=O) groups is 3. The van der Waals surface area contributed by atoms with Crippen LogP contribution in [0, 0.1) is 11.3 Å². The largest absolute Gasteiger partial charge is 0.462 e. The van der Waals surface area contributed by atoms with E-state index < -0.39 is 23.0 Å². The van der Waals surface area contributed by atoms with E-state index in [9.17, 15) is 14.4 Å². The molecule has 0 amide bonds. The highest BCUT2D eigenvalue weighted by molar-refractivity contribution is 5.88. The average molecular weight is 338 g/mol. The summed E-state index contributed by atoms with van der Waals surface area (Å²) in [6.07, 6.45) is 4.61. The van der Waals surface area contributed by atoms with E-state index in [2.05, 4.69) is 0 Å². The first kappa shape index (κ1) is 17.0. The van der Waals surface area contributed by atoms with Crippen LogP contribution in [0.5, 0.6) is 0 Å². The quantitative estimate of drug-likeness (QED) is 0.298. The zero-order valence-electron chi connectivity index (χ0n) is 13.9. The number of rotatable bonds is 7. The molecule has 0 aromatic carbocycles. The Morgan fingerprint density at radius 2 is 2.12 bits per heavy atom. The lowest BCUT2D eigenvalue weighted by molar-refractivity contribution is -0.159. The number of fused-ring (bicyclic) bond motifs is 1. The van der Waals surface area contributed by atoms with Crippen molar-refractivity contribution < 1.29 is 33.3 Å². The molecule has 1 spiro atoms. The van der Waals surface area contributed by atoms with E-state index in [1.807, 2.05) is 19.1 Å². The Hall–Kier alpha value is -1.89. The van der Waals surface area contributed by atoms with Crippen LogP contribution in [0.4, 0.5) is 0 Å². The first-order valence-corrected chi connectivity index (χ1v) is 8.29. The number of carbonyl (C=O) groups excluding carboxylic acids is 3. The second-order valence-corrected chi connectivity index (χ2v) is 6.64. The van der Waals surface area contributed by atoms with Gasteiger partial charge in [-0.2, -0.15) is 0 Å². The SMILES string of the molecule is CCC(C)C(=O)OCCOC(=O)CC12CC3C=CC1(COC2=O)O3. The van der Waals surface area contributed by atoms with Crippen molar-refractivity contribution in [2.24, 2.45) is 11.3 Å². The Morgan fingerprint density at radius 1 is 1.38 bits per heavy atom. The highest BCUT2D eigenvalue weighted by Gasteiger charge is 2.70. The zero-order chi connectivity index (χ0) is 17.4. The summed E-state index contributed by atoms with van der Waals surface area (Å²) in [6, 6.07) is 0. The van der Waals surface area contributed by atoms with Crippen LogP contribution in [0.15, 0.2) is 12.2 Å². The Balaban J connectivity index is 1.50. The lowest BCUT2D eigenvalue weighted by Crippen LogP contribution is -2.46. The normalized spacial score (nSPS) is 33.9. The van der Waals surface area contributed by atoms with Crippen LogP contribution in [0.1, 0.15) is 33.1 Å². The molecule has 0 radical (unpaired) electrons. The predicted molar refractivity (Wildman–Crippen MR) is 80.7 cm³/mol. The fourth-order valence-electron chi connectivity index (χ4n) is 3.50. The third kappa shape index (κ3) is 2.60. The lowest BCUT2D eigenvalue weighted by Gasteiger charge is -2.30. The molecule has 0 saturated carbocycles. The Labute approximate surface area is 140 Å². The van der Waals surface area contributed by atoms with Crippen molar-refractivity contribution in [2.75, 3.05) is 19.8 Å². The van der Waals surface area contributed by atoms with Gasteiger partial charge in [0, 0.05) is 0 Å². The molecule has 0 aromatic heterocycles. The first-order valence-electron chi connectivity index (χ1n) is 8.29. The van der Waals surface area contributed by atoms with E-state index in [1.165, 1.54) is 0 Å². The summed E-state index contributed by atoms with van der Waals surface area (Å²) < 4.78 is 21.1. The Bertz CT molecular complexity index is 583. The maximum Gasteiger partial charge on any atom is 0.316 e. The highest BCUT2D eigenvalue weighted by atomic mass is 16.6. The third-order valence-corrected chi connectivity index (χ3v) is 5.16. The van der Waals surface area contributed by atoms with Crippen molar-refractivity contribution in [3.05, 3.63) is 12.2 Å². The molecule has 132 valence electrons. The molecule has 7 nitrogen and oxygen atoms in total. The molecule has 2 bridgehead atoms.